The van der Waals surface area contributed by atoms with E-state index in [4.69, 9.17) is 0 Å². The van der Waals surface area contributed by atoms with Gasteiger partial charge < -0.3 is 24.8 Å². The SMILES string of the molecule is CC1=CC[C]([Ti+2][CH]2C(n3cnnc3)=Cc3ccccc32)=C1C.[Cl-].[Cl-]. The van der Waals surface area contributed by atoms with Gasteiger partial charge in [0.15, 0.2) is 0 Å². The fraction of sp³-hybridized carbons (Fsp3) is 0.222. The first-order valence-corrected chi connectivity index (χ1v) is 9.21. The standard InChI is InChI=1S/C11H8N3.C7H9.2ClH.Ti/c1-2-4-10-6-11(5-9(10)3-1)14-7-12-13-8-14;1-6-4-3-5-7(6)2;;;/h1-8H;4H,3H2,1-2H3;2*1H;/q;;;;+2/p-2. The Morgan fingerprint density at radius 2 is 1.79 bits per heavy atom. The van der Waals surface area contributed by atoms with E-state index in [0.29, 0.717) is 4.22 Å². The molecule has 0 fully saturated rings. The zero-order valence-electron chi connectivity index (χ0n) is 13.5. The quantitative estimate of drug-likeness (QED) is 0.567. The molecule has 0 radical (unpaired) electrons. The molecule has 0 aliphatic heterocycles. The van der Waals surface area contributed by atoms with Crippen LogP contribution in [-0.2, 0) is 19.2 Å². The molecular formula is C18H17Cl2N3Ti. The average molecular weight is 394 g/mol. The summed E-state index contributed by atoms with van der Waals surface area (Å²) in [6, 6.07) is 8.77. The Balaban J connectivity index is 0.00000104. The van der Waals surface area contributed by atoms with Crippen LogP contribution in [0.5, 0.6) is 0 Å². The summed E-state index contributed by atoms with van der Waals surface area (Å²) in [5.74, 6) is 0. The van der Waals surface area contributed by atoms with Crippen LogP contribution in [0.2, 0.25) is 0 Å². The van der Waals surface area contributed by atoms with E-state index in [1.54, 1.807) is 3.88 Å². The Morgan fingerprint density at radius 3 is 2.46 bits per heavy atom. The molecule has 1 atom stereocenters. The van der Waals surface area contributed by atoms with Crippen molar-refractivity contribution >= 4 is 11.8 Å². The number of allylic oxidation sites excluding steroid dienone is 5. The van der Waals surface area contributed by atoms with E-state index in [9.17, 15) is 0 Å². The van der Waals surface area contributed by atoms with Gasteiger partial charge in [0, 0.05) is 0 Å². The first kappa shape index (κ1) is 19.2. The van der Waals surface area contributed by atoms with Gasteiger partial charge in [-0.05, 0) is 0 Å². The van der Waals surface area contributed by atoms with Gasteiger partial charge in [-0.2, -0.15) is 0 Å². The molecular weight excluding hydrogens is 377 g/mol. The molecule has 1 aromatic heterocycles. The van der Waals surface area contributed by atoms with Crippen molar-refractivity contribution in [1.82, 2.24) is 14.8 Å². The predicted octanol–water partition coefficient (Wildman–Crippen LogP) is -1.95. The Hall–Kier alpha value is -1.13. The number of hydrogen-bond acceptors (Lipinski definition) is 2. The van der Waals surface area contributed by atoms with Crippen LogP contribution < -0.4 is 24.8 Å². The van der Waals surface area contributed by atoms with Crippen LogP contribution in [0.4, 0.5) is 0 Å². The van der Waals surface area contributed by atoms with Gasteiger partial charge in [0.05, 0.1) is 0 Å². The van der Waals surface area contributed by atoms with Gasteiger partial charge in [0.1, 0.15) is 0 Å². The maximum absolute atomic E-state index is 3.99. The van der Waals surface area contributed by atoms with Crippen molar-refractivity contribution in [3.63, 3.8) is 0 Å². The molecule has 2 aliphatic rings. The molecule has 0 bridgehead atoms. The molecule has 1 aromatic carbocycles. The van der Waals surface area contributed by atoms with Gasteiger partial charge >= 0.3 is 139 Å². The molecule has 2 aliphatic carbocycles. The smallest absolute Gasteiger partial charge is 1.00 e. The van der Waals surface area contributed by atoms with E-state index < -0.39 is 0 Å². The third-order valence-corrected chi connectivity index (χ3v) is 7.44. The summed E-state index contributed by atoms with van der Waals surface area (Å²) >= 11 is -0.263. The summed E-state index contributed by atoms with van der Waals surface area (Å²) in [6.45, 7) is 4.51. The number of benzene rings is 1. The topological polar surface area (TPSA) is 30.7 Å². The number of aromatic nitrogens is 3. The molecule has 0 saturated carbocycles. The molecule has 0 N–H and O–H groups in total. The second kappa shape index (κ2) is 7.84. The molecule has 6 heteroatoms. The first-order valence-electron chi connectivity index (χ1n) is 7.53. The molecule has 0 saturated heterocycles. The largest absolute Gasteiger partial charge is 1.00 e. The van der Waals surface area contributed by atoms with E-state index in [2.05, 4.69) is 65.0 Å². The Morgan fingerprint density at radius 1 is 1.08 bits per heavy atom. The molecule has 1 unspecified atom stereocenters. The van der Waals surface area contributed by atoms with Gasteiger partial charge in [-0.3, -0.25) is 0 Å². The van der Waals surface area contributed by atoms with Crippen molar-refractivity contribution in [3.8, 4) is 0 Å². The van der Waals surface area contributed by atoms with Crippen molar-refractivity contribution in [1.29, 1.82) is 0 Å². The maximum atomic E-state index is 3.99. The minimum atomic E-state index is -0.263. The van der Waals surface area contributed by atoms with Crippen LogP contribution in [0.1, 0.15) is 35.6 Å². The van der Waals surface area contributed by atoms with Crippen LogP contribution in [0.15, 0.2) is 58.0 Å². The Bertz CT molecular complexity index is 823. The van der Waals surface area contributed by atoms with Gasteiger partial charge in [0.2, 0.25) is 0 Å². The second-order valence-electron chi connectivity index (χ2n) is 5.84. The molecule has 3 nitrogen and oxygen atoms in total. The number of fused-ring (bicyclic) bond motifs is 1. The maximum Gasteiger partial charge on any atom is -1.00 e. The van der Waals surface area contributed by atoms with Crippen LogP contribution in [0.25, 0.3) is 11.8 Å². The van der Waals surface area contributed by atoms with E-state index in [-0.39, 0.29) is 44.0 Å². The van der Waals surface area contributed by atoms with Crippen molar-refractivity contribution in [2.45, 2.75) is 24.5 Å². The number of rotatable bonds is 3. The van der Waals surface area contributed by atoms with E-state index in [0.717, 1.165) is 6.42 Å². The Labute approximate surface area is 163 Å². The summed E-state index contributed by atoms with van der Waals surface area (Å²) in [5.41, 5.74) is 7.13. The zero-order valence-corrected chi connectivity index (χ0v) is 16.6. The summed E-state index contributed by atoms with van der Waals surface area (Å²) in [7, 11) is 0. The van der Waals surface area contributed by atoms with Crippen LogP contribution in [0.3, 0.4) is 0 Å². The number of halogens is 2. The summed E-state index contributed by atoms with van der Waals surface area (Å²) in [5, 5.41) is 7.97. The van der Waals surface area contributed by atoms with E-state index in [1.807, 2.05) is 12.7 Å². The number of nitrogens with zero attached hydrogens (tertiary/aromatic N) is 3. The van der Waals surface area contributed by atoms with Crippen LogP contribution in [-0.4, -0.2) is 14.8 Å². The van der Waals surface area contributed by atoms with Crippen molar-refractivity contribution in [2.75, 3.05) is 0 Å². The van der Waals surface area contributed by atoms with Crippen molar-refractivity contribution in [3.05, 3.63) is 69.1 Å². The zero-order chi connectivity index (χ0) is 15.1. The van der Waals surface area contributed by atoms with Gasteiger partial charge in [-0.15, -0.1) is 0 Å². The predicted molar refractivity (Wildman–Crippen MR) is 84.4 cm³/mol. The van der Waals surface area contributed by atoms with E-state index in [1.165, 1.54) is 28.0 Å². The molecule has 4 rings (SSSR count). The van der Waals surface area contributed by atoms with Gasteiger partial charge in [-0.25, -0.2) is 0 Å². The molecule has 24 heavy (non-hydrogen) atoms. The fourth-order valence-corrected chi connectivity index (χ4v) is 5.94. The molecule has 2 aromatic rings. The summed E-state index contributed by atoms with van der Waals surface area (Å²) in [6.07, 6.45) is 9.45. The van der Waals surface area contributed by atoms with Crippen molar-refractivity contribution in [2.24, 2.45) is 0 Å². The Kier molecular flexibility index (Phi) is 6.27. The molecule has 0 spiro atoms. The number of hydrogen-bond donors (Lipinski definition) is 0. The molecule has 1 heterocycles. The van der Waals surface area contributed by atoms with E-state index >= 15 is 0 Å². The average Bonchev–Trinajstić information content (AvgIpc) is 3.23. The molecule has 122 valence electrons. The minimum absolute atomic E-state index is 0. The summed E-state index contributed by atoms with van der Waals surface area (Å²) in [4.78, 5) is 0. The molecule has 0 amide bonds. The van der Waals surface area contributed by atoms with Crippen LogP contribution >= 0.6 is 0 Å². The minimum Gasteiger partial charge on any atom is -1.00 e. The second-order valence-corrected chi connectivity index (χ2v) is 8.13. The third kappa shape index (κ3) is 3.31. The summed E-state index contributed by atoms with van der Waals surface area (Å²) < 4.78 is 4.27. The monoisotopic (exact) mass is 393 g/mol. The fourth-order valence-electron chi connectivity index (χ4n) is 3.16. The van der Waals surface area contributed by atoms with Crippen molar-refractivity contribution < 1.29 is 44.0 Å². The first-order chi connectivity index (χ1) is 10.7. The van der Waals surface area contributed by atoms with Gasteiger partial charge in [0.25, 0.3) is 0 Å². The normalized spacial score (nSPS) is 18.2. The van der Waals surface area contributed by atoms with Crippen LogP contribution in [0, 0.1) is 0 Å². The van der Waals surface area contributed by atoms with Gasteiger partial charge in [-0.1, -0.05) is 0 Å². The third-order valence-electron chi connectivity index (χ3n) is 4.60.